The maximum Gasteiger partial charge on any atom is 0.407 e. The third-order valence-corrected chi connectivity index (χ3v) is 2.53. The summed E-state index contributed by atoms with van der Waals surface area (Å²) >= 11 is 0. The van der Waals surface area contributed by atoms with E-state index in [0.29, 0.717) is 31.2 Å². The fourth-order valence-corrected chi connectivity index (χ4v) is 1.70. The topological polar surface area (TPSA) is 85.2 Å². The largest absolute Gasteiger partial charge is 0.444 e. The first-order valence-corrected chi connectivity index (χ1v) is 7.45. The molecule has 0 saturated heterocycles. The molecule has 0 aliphatic rings. The summed E-state index contributed by atoms with van der Waals surface area (Å²) in [6.07, 6.45) is 1.15. The highest BCUT2D eigenvalue weighted by molar-refractivity contribution is 5.67. The van der Waals surface area contributed by atoms with Crippen LogP contribution in [0.5, 0.6) is 0 Å². The van der Waals surface area contributed by atoms with Gasteiger partial charge in [0.25, 0.3) is 5.56 Å². The summed E-state index contributed by atoms with van der Waals surface area (Å²) in [7, 11) is 0. The number of carbonyl (C=O) groups excluding carboxylic acids is 1. The molecule has 0 saturated carbocycles. The molecule has 0 bridgehead atoms. The SMILES string of the molecule is CC(C)Cn1ncc(NCCNC(=O)OC(C)(C)C)cc1=O. The smallest absolute Gasteiger partial charge is 0.407 e. The molecule has 0 aromatic carbocycles. The molecule has 124 valence electrons. The number of hydrogen-bond acceptors (Lipinski definition) is 5. The highest BCUT2D eigenvalue weighted by atomic mass is 16.6. The lowest BCUT2D eigenvalue weighted by Crippen LogP contribution is -2.35. The zero-order valence-electron chi connectivity index (χ0n) is 14.0. The van der Waals surface area contributed by atoms with Crippen LogP contribution in [0, 0.1) is 5.92 Å². The van der Waals surface area contributed by atoms with Crippen molar-refractivity contribution < 1.29 is 9.53 Å². The predicted molar refractivity (Wildman–Crippen MR) is 86.1 cm³/mol. The van der Waals surface area contributed by atoms with Crippen molar-refractivity contribution >= 4 is 11.8 Å². The summed E-state index contributed by atoms with van der Waals surface area (Å²) in [6.45, 7) is 11.0. The van der Waals surface area contributed by atoms with E-state index in [1.807, 2.05) is 34.6 Å². The molecule has 1 aromatic rings. The van der Waals surface area contributed by atoms with Crippen LogP contribution in [0.2, 0.25) is 0 Å². The van der Waals surface area contributed by atoms with Crippen LogP contribution < -0.4 is 16.2 Å². The molecule has 7 heteroatoms. The first kappa shape index (κ1) is 18.0. The Morgan fingerprint density at radius 1 is 1.36 bits per heavy atom. The molecule has 2 N–H and O–H groups in total. The number of alkyl carbamates (subject to hydrolysis) is 1. The Morgan fingerprint density at radius 3 is 2.59 bits per heavy atom. The molecule has 0 radical (unpaired) electrons. The van der Waals surface area contributed by atoms with Crippen molar-refractivity contribution in [2.75, 3.05) is 18.4 Å². The average molecular weight is 310 g/mol. The molecule has 0 spiro atoms. The second-order valence-electron chi connectivity index (χ2n) is 6.51. The standard InChI is InChI=1S/C15H26N4O3/c1-11(2)10-19-13(20)8-12(9-18-19)16-6-7-17-14(21)22-15(3,4)5/h8-9,11,16H,6-7,10H2,1-5H3,(H,17,21). The van der Waals surface area contributed by atoms with E-state index in [4.69, 9.17) is 4.74 Å². The number of carbonyl (C=O) groups is 1. The number of anilines is 1. The minimum absolute atomic E-state index is 0.140. The Labute approximate surface area is 131 Å². The van der Waals surface area contributed by atoms with Gasteiger partial charge in [0.2, 0.25) is 0 Å². The number of amides is 1. The Hall–Kier alpha value is -2.05. The summed E-state index contributed by atoms with van der Waals surface area (Å²) in [5.74, 6) is 0.363. The van der Waals surface area contributed by atoms with E-state index in [1.54, 1.807) is 6.20 Å². The minimum atomic E-state index is -0.512. The zero-order valence-corrected chi connectivity index (χ0v) is 14.0. The lowest BCUT2D eigenvalue weighted by atomic mass is 10.2. The number of nitrogens with one attached hydrogen (secondary N) is 2. The normalized spacial score (nSPS) is 11.4. The Bertz CT molecular complexity index is 546. The van der Waals surface area contributed by atoms with Crippen molar-refractivity contribution in [3.05, 3.63) is 22.6 Å². The molecule has 22 heavy (non-hydrogen) atoms. The number of hydrogen-bond donors (Lipinski definition) is 2. The Morgan fingerprint density at radius 2 is 2.05 bits per heavy atom. The summed E-state index contributed by atoms with van der Waals surface area (Å²) in [5.41, 5.74) is -0.0164. The van der Waals surface area contributed by atoms with Crippen molar-refractivity contribution in [1.29, 1.82) is 0 Å². The van der Waals surface area contributed by atoms with E-state index in [-0.39, 0.29) is 5.56 Å². The van der Waals surface area contributed by atoms with Gasteiger partial charge in [-0.15, -0.1) is 0 Å². The zero-order chi connectivity index (χ0) is 16.8. The lowest BCUT2D eigenvalue weighted by molar-refractivity contribution is 0.0530. The highest BCUT2D eigenvalue weighted by Gasteiger charge is 2.15. The first-order valence-electron chi connectivity index (χ1n) is 7.45. The van der Waals surface area contributed by atoms with Crippen LogP contribution in [0.1, 0.15) is 34.6 Å². The molecule has 0 aliphatic heterocycles. The van der Waals surface area contributed by atoms with Gasteiger partial charge < -0.3 is 15.4 Å². The summed E-state index contributed by atoms with van der Waals surface area (Å²) in [4.78, 5) is 23.3. The van der Waals surface area contributed by atoms with E-state index in [2.05, 4.69) is 15.7 Å². The van der Waals surface area contributed by atoms with Gasteiger partial charge in [-0.3, -0.25) is 4.79 Å². The summed E-state index contributed by atoms with van der Waals surface area (Å²) < 4.78 is 6.56. The quantitative estimate of drug-likeness (QED) is 0.783. The fourth-order valence-electron chi connectivity index (χ4n) is 1.70. The van der Waals surface area contributed by atoms with E-state index in [9.17, 15) is 9.59 Å². The molecule has 0 aliphatic carbocycles. The van der Waals surface area contributed by atoms with Crippen LogP contribution in [-0.4, -0.2) is 34.6 Å². The van der Waals surface area contributed by atoms with E-state index in [0.717, 1.165) is 0 Å². The predicted octanol–water partition coefficient (Wildman–Crippen LogP) is 1.84. The number of aromatic nitrogens is 2. The van der Waals surface area contributed by atoms with E-state index < -0.39 is 11.7 Å². The van der Waals surface area contributed by atoms with Gasteiger partial charge in [-0.25, -0.2) is 9.48 Å². The van der Waals surface area contributed by atoms with Gasteiger partial charge in [0, 0.05) is 25.7 Å². The molecule has 1 aromatic heterocycles. The van der Waals surface area contributed by atoms with Crippen molar-refractivity contribution in [2.24, 2.45) is 5.92 Å². The van der Waals surface area contributed by atoms with Gasteiger partial charge in [-0.05, 0) is 26.7 Å². The monoisotopic (exact) mass is 310 g/mol. The Kier molecular flexibility index (Phi) is 6.39. The van der Waals surface area contributed by atoms with Gasteiger partial charge >= 0.3 is 6.09 Å². The Balaban J connectivity index is 2.38. The second-order valence-corrected chi connectivity index (χ2v) is 6.51. The summed E-state index contributed by atoms with van der Waals surface area (Å²) in [5, 5.41) is 9.78. The second kappa shape index (κ2) is 7.82. The van der Waals surface area contributed by atoms with Gasteiger partial charge in [0.05, 0.1) is 11.9 Å². The lowest BCUT2D eigenvalue weighted by Gasteiger charge is -2.19. The van der Waals surface area contributed by atoms with Crippen molar-refractivity contribution in [1.82, 2.24) is 15.1 Å². The maximum absolute atomic E-state index is 11.8. The van der Waals surface area contributed by atoms with Crippen LogP contribution in [0.3, 0.4) is 0 Å². The number of rotatable bonds is 6. The molecule has 1 heterocycles. The van der Waals surface area contributed by atoms with Crippen LogP contribution in [0.25, 0.3) is 0 Å². The van der Waals surface area contributed by atoms with Gasteiger partial charge in [-0.2, -0.15) is 5.10 Å². The molecule has 0 fully saturated rings. The van der Waals surface area contributed by atoms with Crippen LogP contribution in [0.4, 0.5) is 10.5 Å². The van der Waals surface area contributed by atoms with E-state index in [1.165, 1.54) is 10.7 Å². The average Bonchev–Trinajstić information content (AvgIpc) is 2.35. The fraction of sp³-hybridized carbons (Fsp3) is 0.667. The molecule has 7 nitrogen and oxygen atoms in total. The van der Waals surface area contributed by atoms with Crippen LogP contribution in [0.15, 0.2) is 17.1 Å². The van der Waals surface area contributed by atoms with Gasteiger partial charge in [0.15, 0.2) is 0 Å². The first-order chi connectivity index (χ1) is 10.2. The number of ether oxygens (including phenoxy) is 1. The third-order valence-electron chi connectivity index (χ3n) is 2.53. The van der Waals surface area contributed by atoms with Gasteiger partial charge in [-0.1, -0.05) is 13.8 Å². The molecule has 0 atom stereocenters. The van der Waals surface area contributed by atoms with Crippen LogP contribution >= 0.6 is 0 Å². The highest BCUT2D eigenvalue weighted by Crippen LogP contribution is 2.06. The molecule has 0 unspecified atom stereocenters. The molecule has 1 amide bonds. The van der Waals surface area contributed by atoms with Crippen molar-refractivity contribution in [3.8, 4) is 0 Å². The van der Waals surface area contributed by atoms with Gasteiger partial charge in [0.1, 0.15) is 5.60 Å². The minimum Gasteiger partial charge on any atom is -0.444 e. The molecular weight excluding hydrogens is 284 g/mol. The summed E-state index contributed by atoms with van der Waals surface area (Å²) in [6, 6.07) is 1.50. The van der Waals surface area contributed by atoms with E-state index >= 15 is 0 Å². The van der Waals surface area contributed by atoms with Crippen LogP contribution in [-0.2, 0) is 11.3 Å². The molecule has 1 rings (SSSR count). The number of nitrogens with zero attached hydrogens (tertiary/aromatic N) is 2. The maximum atomic E-state index is 11.8. The van der Waals surface area contributed by atoms with Crippen molar-refractivity contribution in [3.63, 3.8) is 0 Å². The molecular formula is C15H26N4O3. The third kappa shape index (κ3) is 7.10. The van der Waals surface area contributed by atoms with Crippen molar-refractivity contribution in [2.45, 2.75) is 46.8 Å².